The summed E-state index contributed by atoms with van der Waals surface area (Å²) in [6.45, 7) is 3.24. The number of nitriles is 1. The molecular weight excluding hydrogens is 388 g/mol. The molecule has 0 unspecified atom stereocenters. The van der Waals surface area contributed by atoms with Crippen LogP contribution in [0, 0.1) is 18.3 Å². The number of aliphatic hydroxyl groups is 1. The Bertz CT molecular complexity index is 1180. The summed E-state index contributed by atoms with van der Waals surface area (Å²) in [4.78, 5) is 23.0. The average Bonchev–Trinajstić information content (AvgIpc) is 3.52. The molecular formula is C25H24N4O2. The van der Waals surface area contributed by atoms with Crippen LogP contribution in [0.3, 0.4) is 0 Å². The number of aliphatic hydroxyl groups excluding tert-OH is 1. The molecule has 1 aliphatic carbocycles. The highest BCUT2D eigenvalue weighted by atomic mass is 16.3. The van der Waals surface area contributed by atoms with E-state index in [9.17, 15) is 9.90 Å². The van der Waals surface area contributed by atoms with E-state index in [1.165, 1.54) is 0 Å². The Kier molecular flexibility index (Phi) is 4.84. The van der Waals surface area contributed by atoms with Gasteiger partial charge < -0.3 is 15.0 Å². The molecule has 156 valence electrons. The molecule has 0 radical (unpaired) electrons. The summed E-state index contributed by atoms with van der Waals surface area (Å²) >= 11 is 0. The van der Waals surface area contributed by atoms with E-state index in [0.717, 1.165) is 41.1 Å². The molecule has 1 aliphatic heterocycles. The number of amides is 1. The van der Waals surface area contributed by atoms with Crippen molar-refractivity contribution in [3.8, 4) is 17.3 Å². The molecule has 1 saturated carbocycles. The van der Waals surface area contributed by atoms with Crippen LogP contribution in [-0.4, -0.2) is 39.0 Å². The zero-order valence-electron chi connectivity index (χ0n) is 17.4. The van der Waals surface area contributed by atoms with Gasteiger partial charge in [-0.1, -0.05) is 18.2 Å². The number of H-pyrrole nitrogens is 1. The summed E-state index contributed by atoms with van der Waals surface area (Å²) in [5, 5.41) is 18.8. The highest BCUT2D eigenvalue weighted by molar-refractivity contribution is 5.96. The normalized spacial score (nSPS) is 16.1. The number of carbonyl (C=O) groups is 1. The summed E-state index contributed by atoms with van der Waals surface area (Å²) in [5.74, 6) is 1.71. The quantitative estimate of drug-likeness (QED) is 0.665. The molecule has 2 fully saturated rings. The number of nitrogens with one attached hydrogen (secondary N) is 1. The Morgan fingerprint density at radius 3 is 2.58 bits per heavy atom. The highest BCUT2D eigenvalue weighted by Gasteiger charge is 2.33. The average molecular weight is 412 g/mol. The van der Waals surface area contributed by atoms with Crippen molar-refractivity contribution in [2.24, 2.45) is 0 Å². The maximum absolute atomic E-state index is 13.1. The lowest BCUT2D eigenvalue weighted by molar-refractivity contribution is 0.0602. The lowest BCUT2D eigenvalue weighted by Crippen LogP contribution is -2.48. The van der Waals surface area contributed by atoms with Gasteiger partial charge in [0.1, 0.15) is 5.82 Å². The van der Waals surface area contributed by atoms with Crippen LogP contribution in [0.15, 0.2) is 42.5 Å². The number of carbonyl (C=O) groups excluding carboxylic acids is 1. The number of hydrogen-bond donors (Lipinski definition) is 2. The van der Waals surface area contributed by atoms with Crippen molar-refractivity contribution < 1.29 is 9.90 Å². The van der Waals surface area contributed by atoms with Crippen LogP contribution in [-0.2, 0) is 6.61 Å². The summed E-state index contributed by atoms with van der Waals surface area (Å²) in [6, 6.07) is 15.4. The number of nitrogens with zero attached hydrogens (tertiary/aromatic N) is 3. The molecule has 1 aromatic heterocycles. The number of likely N-dealkylation sites (tertiary alicyclic amines) is 1. The monoisotopic (exact) mass is 412 g/mol. The van der Waals surface area contributed by atoms with Crippen LogP contribution < -0.4 is 0 Å². The predicted molar refractivity (Wildman–Crippen MR) is 116 cm³/mol. The first-order chi connectivity index (χ1) is 15.1. The fraction of sp³-hybridized carbons (Fsp3) is 0.320. The van der Waals surface area contributed by atoms with Crippen LogP contribution >= 0.6 is 0 Å². The third-order valence-corrected chi connectivity index (χ3v) is 6.34. The van der Waals surface area contributed by atoms with Gasteiger partial charge in [-0.05, 0) is 55.2 Å². The Morgan fingerprint density at radius 1 is 1.19 bits per heavy atom. The standard InChI is InChI=1S/C25H24N4O2/c1-15-2-5-19(10-21(15)23-22(14-30)27-24(28-23)18-8-9-18)25(31)29-12-20(13-29)17-6-3-16(11-26)4-7-17/h2-7,10,18,20,30H,8-9,12-14H2,1H3,(H,27,28). The van der Waals surface area contributed by atoms with Gasteiger partial charge in [0.05, 0.1) is 29.6 Å². The van der Waals surface area contributed by atoms with E-state index in [1.54, 1.807) is 0 Å². The lowest BCUT2D eigenvalue weighted by Gasteiger charge is -2.39. The zero-order chi connectivity index (χ0) is 21.5. The van der Waals surface area contributed by atoms with Crippen LogP contribution in [0.1, 0.15) is 63.2 Å². The minimum atomic E-state index is -0.106. The van der Waals surface area contributed by atoms with Crippen molar-refractivity contribution >= 4 is 5.91 Å². The number of aromatic nitrogens is 2. The molecule has 3 aromatic rings. The Morgan fingerprint density at radius 2 is 1.94 bits per heavy atom. The first-order valence-electron chi connectivity index (χ1n) is 10.7. The van der Waals surface area contributed by atoms with E-state index in [1.807, 2.05) is 54.3 Å². The minimum absolute atomic E-state index is 0.00893. The van der Waals surface area contributed by atoms with E-state index < -0.39 is 0 Å². The maximum atomic E-state index is 13.1. The first-order valence-corrected chi connectivity index (χ1v) is 10.7. The van der Waals surface area contributed by atoms with E-state index >= 15 is 0 Å². The molecule has 5 rings (SSSR count). The molecule has 0 atom stereocenters. The topological polar surface area (TPSA) is 93.0 Å². The Labute approximate surface area is 181 Å². The molecule has 2 aliphatic rings. The molecule has 2 aromatic carbocycles. The number of hydrogen-bond acceptors (Lipinski definition) is 4. The fourth-order valence-corrected chi connectivity index (χ4v) is 4.19. The second kappa shape index (κ2) is 7.68. The van der Waals surface area contributed by atoms with Crippen molar-refractivity contribution in [2.45, 2.75) is 38.2 Å². The molecule has 2 N–H and O–H groups in total. The molecule has 6 heteroatoms. The molecule has 2 heterocycles. The fourth-order valence-electron chi connectivity index (χ4n) is 4.19. The lowest BCUT2D eigenvalue weighted by atomic mass is 9.90. The van der Waals surface area contributed by atoms with Crippen molar-refractivity contribution in [3.63, 3.8) is 0 Å². The van der Waals surface area contributed by atoms with E-state index in [-0.39, 0.29) is 12.5 Å². The SMILES string of the molecule is Cc1ccc(C(=O)N2CC(c3ccc(C#N)cc3)C2)cc1-c1nc(C2CC2)[nH]c1CO. The van der Waals surface area contributed by atoms with Gasteiger partial charge >= 0.3 is 0 Å². The van der Waals surface area contributed by atoms with Gasteiger partial charge in [-0.25, -0.2) is 4.98 Å². The van der Waals surface area contributed by atoms with E-state index in [2.05, 4.69) is 11.1 Å². The molecule has 6 nitrogen and oxygen atoms in total. The van der Waals surface area contributed by atoms with Gasteiger partial charge in [-0.3, -0.25) is 4.79 Å². The van der Waals surface area contributed by atoms with Crippen molar-refractivity contribution in [3.05, 3.63) is 76.2 Å². The van der Waals surface area contributed by atoms with Crippen molar-refractivity contribution in [1.29, 1.82) is 5.26 Å². The third kappa shape index (κ3) is 3.62. The molecule has 1 saturated heterocycles. The van der Waals surface area contributed by atoms with Gasteiger partial charge in [-0.15, -0.1) is 0 Å². The number of aromatic amines is 1. The molecule has 31 heavy (non-hydrogen) atoms. The van der Waals surface area contributed by atoms with Crippen LogP contribution in [0.5, 0.6) is 0 Å². The van der Waals surface area contributed by atoms with Gasteiger partial charge in [-0.2, -0.15) is 5.26 Å². The Balaban J connectivity index is 1.35. The van der Waals surface area contributed by atoms with Crippen LogP contribution in [0.25, 0.3) is 11.3 Å². The maximum Gasteiger partial charge on any atom is 0.253 e. The van der Waals surface area contributed by atoms with E-state index in [0.29, 0.717) is 41.7 Å². The predicted octanol–water partition coefficient (Wildman–Crippen LogP) is 3.87. The first kappa shape index (κ1) is 19.5. The molecule has 0 bridgehead atoms. The largest absolute Gasteiger partial charge is 0.390 e. The summed E-state index contributed by atoms with van der Waals surface area (Å²) in [7, 11) is 0. The van der Waals surface area contributed by atoms with Crippen molar-refractivity contribution in [1.82, 2.24) is 14.9 Å². The van der Waals surface area contributed by atoms with Gasteiger partial charge in [0, 0.05) is 36.1 Å². The second-order valence-corrected chi connectivity index (χ2v) is 8.55. The van der Waals surface area contributed by atoms with Gasteiger partial charge in [0.25, 0.3) is 5.91 Å². The van der Waals surface area contributed by atoms with Gasteiger partial charge in [0.15, 0.2) is 0 Å². The number of rotatable bonds is 5. The second-order valence-electron chi connectivity index (χ2n) is 8.55. The summed E-state index contributed by atoms with van der Waals surface area (Å²) in [5.41, 5.74) is 5.81. The summed E-state index contributed by atoms with van der Waals surface area (Å²) < 4.78 is 0. The molecule has 1 amide bonds. The number of imidazole rings is 1. The van der Waals surface area contributed by atoms with Crippen LogP contribution in [0.4, 0.5) is 0 Å². The highest BCUT2D eigenvalue weighted by Crippen LogP contribution is 2.40. The zero-order valence-corrected chi connectivity index (χ0v) is 17.4. The van der Waals surface area contributed by atoms with E-state index in [4.69, 9.17) is 10.2 Å². The third-order valence-electron chi connectivity index (χ3n) is 6.34. The number of benzene rings is 2. The molecule has 0 spiro atoms. The van der Waals surface area contributed by atoms with Crippen LogP contribution in [0.2, 0.25) is 0 Å². The summed E-state index contributed by atoms with van der Waals surface area (Å²) in [6.07, 6.45) is 2.26. The van der Waals surface area contributed by atoms with Crippen molar-refractivity contribution in [2.75, 3.05) is 13.1 Å². The smallest absolute Gasteiger partial charge is 0.253 e. The van der Waals surface area contributed by atoms with Gasteiger partial charge in [0.2, 0.25) is 0 Å². The number of aryl methyl sites for hydroxylation is 1. The minimum Gasteiger partial charge on any atom is -0.390 e. The Hall–Kier alpha value is -3.43.